The number of alkyl carbamates (subject to hydrolysis) is 1. The highest BCUT2D eigenvalue weighted by Crippen LogP contribution is 2.44. The number of fused-ring (bicyclic) bond motifs is 5. The summed E-state index contributed by atoms with van der Waals surface area (Å²) in [4.78, 5) is 203. The minimum absolute atomic E-state index is 0.00518. The molecule has 11 atom stereocenters. The lowest BCUT2D eigenvalue weighted by atomic mass is 9.98. The number of carboxylic acids is 1. The zero-order chi connectivity index (χ0) is 82.6. The normalized spacial score (nSPS) is 22.1. The quantitative estimate of drug-likeness (QED) is 0.0155. The highest BCUT2D eigenvalue weighted by molar-refractivity contribution is 6.01. The summed E-state index contributed by atoms with van der Waals surface area (Å²) in [6.45, 7) is 5.96. The molecule has 3 aromatic carbocycles. The van der Waals surface area contributed by atoms with E-state index >= 15 is 0 Å². The topological polar surface area (TPSA) is 590 Å². The number of ether oxygens (including phenoxy) is 1. The van der Waals surface area contributed by atoms with Crippen LogP contribution in [0, 0.1) is 10.8 Å². The van der Waals surface area contributed by atoms with E-state index in [2.05, 4.69) is 74.1 Å². The number of H-pyrrole nitrogens is 1. The largest absolute Gasteiger partial charge is 0.481 e. The number of aliphatic hydroxyl groups is 1. The first-order valence-corrected chi connectivity index (χ1v) is 37.3. The third-order valence-corrected chi connectivity index (χ3v) is 19.1. The molecule has 2 aliphatic heterocycles. The monoisotopic (exact) mass is 1570 g/mol. The summed E-state index contributed by atoms with van der Waals surface area (Å²) in [5, 5.41) is 70.1. The van der Waals surface area contributed by atoms with Crippen LogP contribution in [-0.4, -0.2) is 221 Å². The highest BCUT2D eigenvalue weighted by Gasteiger charge is 2.42. The molecular weight excluding hydrogens is 1460 g/mol. The van der Waals surface area contributed by atoms with Crippen molar-refractivity contribution in [2.45, 2.75) is 190 Å². The standard InChI is InChI=1S/C76H104N20O17/c1-40(2)27-29-55(87-61(98)37-84-76(112)113-39-49-47-19-9-7-17-45(47)46-18-8-10-20-48(46)49)69(107)89-52-23-12-22-51(63(77)101)88-66(104)53(24-13-31-82-74(78)79)90-70(108)57(35-44-34-43-16-6-11-21-50(43)86-44)93-64(102)42(5)85-65(103)56(30-28-41(3)4)91-67(105)54(25-14-32-83-75(80)81)92-72(110)60-26-15-33-96(60)73(111)58(36-62(99)100)94-71(109)59(38-97)95-68(52)106/h6-11,16-21,27-28,34,42,49,51-60,86,97H,12-15,22-26,29-33,35-39H2,1-5H3,(H2,77,101)(H,84,112)(H,85,103)(H,87,98)(H,88,104)(H,89,107)(H,90,108)(H,91,105)(H,92,110)(H,93,102)(H,94,109)(H,95,106)(H,99,100)(H4,78,79,82)(H4,80,81,83)/t42-,51-,52-,53-,54-,55-,56-,57-,58-,59-,60?/m0/s1. The van der Waals surface area contributed by atoms with E-state index in [9.17, 15) is 77.3 Å². The molecule has 610 valence electrons. The van der Waals surface area contributed by atoms with Crippen molar-refractivity contribution in [3.05, 3.63) is 119 Å². The van der Waals surface area contributed by atoms with Gasteiger partial charge in [0, 0.05) is 43.2 Å². The first-order chi connectivity index (χ1) is 53.8. The van der Waals surface area contributed by atoms with Gasteiger partial charge in [-0.15, -0.1) is 0 Å². The van der Waals surface area contributed by atoms with Crippen LogP contribution in [0.4, 0.5) is 4.79 Å². The summed E-state index contributed by atoms with van der Waals surface area (Å²) in [6.07, 6.45) is -0.863. The second-order valence-corrected chi connectivity index (χ2v) is 28.4. The van der Waals surface area contributed by atoms with Crippen LogP contribution < -0.4 is 86.3 Å². The fourth-order valence-corrected chi connectivity index (χ4v) is 13.2. The molecule has 37 heteroatoms. The fraction of sp³-hybridized carbons (Fsp3) is 0.474. The summed E-state index contributed by atoms with van der Waals surface area (Å²) >= 11 is 0. The van der Waals surface area contributed by atoms with Crippen LogP contribution in [0.15, 0.2) is 102 Å². The van der Waals surface area contributed by atoms with Gasteiger partial charge in [-0.25, -0.2) is 4.79 Å². The molecule has 2 saturated heterocycles. The molecule has 3 aliphatic rings. The minimum Gasteiger partial charge on any atom is -0.481 e. The summed E-state index contributed by atoms with van der Waals surface area (Å²) in [5.41, 5.74) is 23.3. The van der Waals surface area contributed by atoms with Gasteiger partial charge in [0.15, 0.2) is 11.9 Å². The lowest BCUT2D eigenvalue weighted by Crippen LogP contribution is -2.61. The van der Waals surface area contributed by atoms with Gasteiger partial charge >= 0.3 is 12.1 Å². The fourth-order valence-electron chi connectivity index (χ4n) is 13.2. The van der Waals surface area contributed by atoms with Crippen molar-refractivity contribution in [2.24, 2.45) is 17.2 Å². The number of para-hydroxylation sites is 1. The summed E-state index contributed by atoms with van der Waals surface area (Å²) < 4.78 is 5.60. The Labute approximate surface area is 652 Å². The third kappa shape index (κ3) is 26.7. The number of primary amides is 1. The number of nitrogens with one attached hydrogen (secondary N) is 16. The van der Waals surface area contributed by atoms with E-state index in [1.165, 1.54) is 6.92 Å². The molecule has 37 nitrogen and oxygen atoms in total. The molecular formula is C76H104N20O17. The molecule has 4 aromatic rings. The predicted octanol–water partition coefficient (Wildman–Crippen LogP) is -1.52. The van der Waals surface area contributed by atoms with Gasteiger partial charge in [-0.3, -0.25) is 73.1 Å². The molecule has 24 N–H and O–H groups in total. The van der Waals surface area contributed by atoms with Crippen molar-refractivity contribution >= 4 is 106 Å². The van der Waals surface area contributed by atoms with Crippen LogP contribution >= 0.6 is 0 Å². The van der Waals surface area contributed by atoms with Crippen molar-refractivity contribution in [1.82, 2.24) is 79.0 Å². The van der Waals surface area contributed by atoms with E-state index in [1.807, 2.05) is 48.5 Å². The maximum Gasteiger partial charge on any atom is 0.407 e. The van der Waals surface area contributed by atoms with Crippen LogP contribution in [0.2, 0.25) is 0 Å². The Morgan fingerprint density at radius 2 is 1.17 bits per heavy atom. The number of hydrogen-bond donors (Lipinski definition) is 21. The maximum atomic E-state index is 14.9. The average molecular weight is 1570 g/mol. The number of aliphatic hydroxyl groups excluding tert-OH is 1. The van der Waals surface area contributed by atoms with Crippen LogP contribution in [0.5, 0.6) is 0 Å². The van der Waals surface area contributed by atoms with Gasteiger partial charge in [0.05, 0.1) is 13.0 Å². The number of nitrogens with zero attached hydrogens (tertiary/aromatic N) is 1. The Morgan fingerprint density at radius 3 is 1.77 bits per heavy atom. The maximum absolute atomic E-state index is 14.9. The second-order valence-electron chi connectivity index (χ2n) is 28.4. The number of amides is 13. The number of nitrogens with two attached hydrogens (primary N) is 3. The van der Waals surface area contributed by atoms with Gasteiger partial charge in [-0.2, -0.15) is 0 Å². The van der Waals surface area contributed by atoms with Gasteiger partial charge in [0.25, 0.3) is 0 Å². The number of rotatable bonds is 25. The first kappa shape index (κ1) is 87.8. The Balaban J connectivity index is 1.22. The Morgan fingerprint density at radius 1 is 0.619 bits per heavy atom. The molecule has 1 unspecified atom stereocenters. The number of benzene rings is 3. The molecule has 0 radical (unpaired) electrons. The van der Waals surface area contributed by atoms with Gasteiger partial charge < -0.3 is 111 Å². The number of carboxylic acid groups (broad SMARTS) is 1. The number of allylic oxidation sites excluding steroid dienone is 2. The van der Waals surface area contributed by atoms with Crippen LogP contribution in [-0.2, 0) is 73.5 Å². The van der Waals surface area contributed by atoms with Crippen molar-refractivity contribution < 1.29 is 82.1 Å². The van der Waals surface area contributed by atoms with Crippen molar-refractivity contribution in [3.63, 3.8) is 0 Å². The predicted molar refractivity (Wildman–Crippen MR) is 414 cm³/mol. The Kier molecular flexibility index (Phi) is 33.1. The number of aromatic nitrogens is 1. The molecule has 1 aromatic heterocycles. The van der Waals surface area contributed by atoms with E-state index in [1.54, 1.807) is 70.2 Å². The van der Waals surface area contributed by atoms with E-state index in [4.69, 9.17) is 32.8 Å². The number of carbonyl (C=O) groups excluding carboxylic acids is 13. The van der Waals surface area contributed by atoms with E-state index in [-0.39, 0.29) is 96.4 Å². The number of aromatic amines is 1. The smallest absolute Gasteiger partial charge is 0.407 e. The molecule has 3 heterocycles. The van der Waals surface area contributed by atoms with Crippen LogP contribution in [0.25, 0.3) is 22.0 Å². The van der Waals surface area contributed by atoms with Crippen molar-refractivity contribution in [3.8, 4) is 11.1 Å². The lowest BCUT2D eigenvalue weighted by Gasteiger charge is -2.30. The molecule has 13 amide bonds. The molecule has 7 rings (SSSR count). The van der Waals surface area contributed by atoms with Crippen molar-refractivity contribution in [2.75, 3.05) is 39.4 Å². The van der Waals surface area contributed by atoms with Gasteiger partial charge in [-0.1, -0.05) is 90.0 Å². The Hall–Kier alpha value is -12.4. The van der Waals surface area contributed by atoms with E-state index in [0.717, 1.165) is 32.5 Å². The number of carbonyl (C=O) groups is 14. The van der Waals surface area contributed by atoms with Gasteiger partial charge in [0.2, 0.25) is 70.9 Å². The minimum atomic E-state index is -2.04. The number of hydrogen-bond acceptors (Lipinski definition) is 18. The van der Waals surface area contributed by atoms with Crippen LogP contribution in [0.3, 0.4) is 0 Å². The highest BCUT2D eigenvalue weighted by atomic mass is 16.5. The lowest BCUT2D eigenvalue weighted by molar-refractivity contribution is -0.146. The van der Waals surface area contributed by atoms with Gasteiger partial charge in [-0.05, 0) is 145 Å². The Bertz CT molecular complexity index is 4150. The van der Waals surface area contributed by atoms with Crippen LogP contribution in [0.1, 0.15) is 134 Å². The van der Waals surface area contributed by atoms with Crippen molar-refractivity contribution in [1.29, 1.82) is 10.8 Å². The van der Waals surface area contributed by atoms with E-state index in [0.29, 0.717) is 22.4 Å². The first-order valence-electron chi connectivity index (χ1n) is 37.3. The summed E-state index contributed by atoms with van der Waals surface area (Å²) in [6, 6.07) is 6.30. The summed E-state index contributed by atoms with van der Waals surface area (Å²) in [7, 11) is 0. The SMILES string of the molecule is CC(C)=CC[C@H](NC(=O)CNC(=O)OCC1c2ccccc2-c2ccccc21)C(=O)N[C@H]1CCC[C@@H](C(N)=O)NC(=O)[C@H](CCCNC(=N)N)NC(=O)[C@H](Cc2cc3ccccc3[nH]2)NC(=O)[C@H](C)NC(=O)[C@H](CC=C(C)C)NC(=O)[C@H](CCCNC(=N)N)NC(=O)C2CCCN2C(=O)[C@H](CC(=O)O)NC(=O)[C@H](CO)NC1=O. The number of aliphatic carboxylic acids is 1. The zero-order valence-corrected chi connectivity index (χ0v) is 63.7. The zero-order valence-electron chi connectivity index (χ0n) is 63.7. The molecule has 0 saturated carbocycles. The molecule has 0 spiro atoms. The second kappa shape index (κ2) is 42.7. The molecule has 113 heavy (non-hydrogen) atoms. The van der Waals surface area contributed by atoms with Gasteiger partial charge in [0.1, 0.15) is 79.6 Å². The average Bonchev–Trinajstić information content (AvgIpc) is 1.61. The summed E-state index contributed by atoms with van der Waals surface area (Å²) in [5.74, 6) is -15.1. The van der Waals surface area contributed by atoms with E-state index < -0.39 is 194 Å². The molecule has 2 fully saturated rings. The number of guanidine groups is 2. The third-order valence-electron chi connectivity index (χ3n) is 19.1. The molecule has 0 bridgehead atoms. The molecule has 1 aliphatic carbocycles.